The summed E-state index contributed by atoms with van der Waals surface area (Å²) >= 11 is 5.22. The van der Waals surface area contributed by atoms with E-state index in [-0.39, 0.29) is 0 Å². The first-order valence-electron chi connectivity index (χ1n) is 6.00. The predicted octanol–water partition coefficient (Wildman–Crippen LogP) is 5.02. The third-order valence-electron chi connectivity index (χ3n) is 2.85. The van der Waals surface area contributed by atoms with Gasteiger partial charge in [-0.15, -0.1) is 11.3 Å². The lowest BCUT2D eigenvalue weighted by Crippen LogP contribution is -2.15. The minimum absolute atomic E-state index is 0.340. The van der Waals surface area contributed by atoms with Crippen LogP contribution in [0.1, 0.15) is 30.3 Å². The van der Waals surface area contributed by atoms with E-state index in [1.165, 1.54) is 4.88 Å². The molecule has 2 nitrogen and oxygen atoms in total. The summed E-state index contributed by atoms with van der Waals surface area (Å²) < 4.78 is 0.908. The van der Waals surface area contributed by atoms with Gasteiger partial charge in [-0.1, -0.05) is 19.9 Å². The Morgan fingerprint density at radius 1 is 1.39 bits per heavy atom. The van der Waals surface area contributed by atoms with Gasteiger partial charge in [0.1, 0.15) is 4.60 Å². The first-order valence-corrected chi connectivity index (χ1v) is 7.67. The number of rotatable bonds is 4. The molecule has 1 atom stereocenters. The smallest absolute Gasteiger partial charge is 0.109 e. The molecule has 18 heavy (non-hydrogen) atoms. The van der Waals surface area contributed by atoms with Crippen molar-refractivity contribution >= 4 is 33.0 Å². The molecule has 0 bridgehead atoms. The summed E-state index contributed by atoms with van der Waals surface area (Å²) in [5.41, 5.74) is 2.22. The van der Waals surface area contributed by atoms with Gasteiger partial charge in [-0.2, -0.15) is 0 Å². The summed E-state index contributed by atoms with van der Waals surface area (Å²) in [6, 6.07) is 6.75. The van der Waals surface area contributed by atoms with Crippen LogP contribution in [0.15, 0.2) is 34.4 Å². The fraction of sp³-hybridized carbons (Fsp3) is 0.357. The highest BCUT2D eigenvalue weighted by atomic mass is 79.9. The second-order valence-electron chi connectivity index (χ2n) is 4.71. The number of pyridine rings is 1. The Labute approximate surface area is 121 Å². The van der Waals surface area contributed by atoms with Crippen LogP contribution in [-0.2, 0) is 0 Å². The van der Waals surface area contributed by atoms with Gasteiger partial charge in [-0.3, -0.25) is 0 Å². The van der Waals surface area contributed by atoms with Crippen LogP contribution < -0.4 is 5.32 Å². The molecule has 0 aliphatic carbocycles. The molecule has 0 fully saturated rings. The Morgan fingerprint density at radius 2 is 2.17 bits per heavy atom. The number of aryl methyl sites for hydroxylation is 1. The highest BCUT2D eigenvalue weighted by Gasteiger charge is 2.16. The van der Waals surface area contributed by atoms with Crippen LogP contribution in [0.4, 0.5) is 5.69 Å². The third kappa shape index (κ3) is 3.12. The zero-order chi connectivity index (χ0) is 13.1. The van der Waals surface area contributed by atoms with Gasteiger partial charge >= 0.3 is 0 Å². The average molecular weight is 325 g/mol. The van der Waals surface area contributed by atoms with Crippen LogP contribution >= 0.6 is 27.3 Å². The highest BCUT2D eigenvalue weighted by molar-refractivity contribution is 9.10. The summed E-state index contributed by atoms with van der Waals surface area (Å²) in [6.07, 6.45) is 1.88. The Morgan fingerprint density at radius 3 is 2.72 bits per heavy atom. The van der Waals surface area contributed by atoms with Crippen LogP contribution in [0.2, 0.25) is 0 Å². The van der Waals surface area contributed by atoms with Crippen LogP contribution in [-0.4, -0.2) is 4.98 Å². The number of hydrogen-bond donors (Lipinski definition) is 1. The number of nitrogens with zero attached hydrogens (tertiary/aromatic N) is 1. The second kappa shape index (κ2) is 5.85. The minimum atomic E-state index is 0.340. The van der Waals surface area contributed by atoms with Crippen molar-refractivity contribution in [3.05, 3.63) is 44.8 Å². The maximum atomic E-state index is 4.33. The fourth-order valence-electron chi connectivity index (χ4n) is 1.85. The molecule has 2 rings (SSSR count). The van der Waals surface area contributed by atoms with E-state index in [9.17, 15) is 0 Å². The van der Waals surface area contributed by atoms with E-state index in [0.29, 0.717) is 12.0 Å². The fourth-order valence-corrected chi connectivity index (χ4v) is 3.02. The Kier molecular flexibility index (Phi) is 4.40. The third-order valence-corrected chi connectivity index (χ3v) is 4.64. The van der Waals surface area contributed by atoms with Gasteiger partial charge < -0.3 is 5.32 Å². The van der Waals surface area contributed by atoms with E-state index in [1.54, 1.807) is 11.3 Å². The molecule has 2 aromatic heterocycles. The summed E-state index contributed by atoms with van der Waals surface area (Å²) in [4.78, 5) is 5.70. The number of halogens is 1. The average Bonchev–Trinajstić information content (AvgIpc) is 2.83. The monoisotopic (exact) mass is 324 g/mol. The normalized spacial score (nSPS) is 12.7. The van der Waals surface area contributed by atoms with E-state index in [4.69, 9.17) is 0 Å². The lowest BCUT2D eigenvalue weighted by molar-refractivity contribution is 0.553. The van der Waals surface area contributed by atoms with Crippen molar-refractivity contribution in [3.8, 4) is 0 Å². The largest absolute Gasteiger partial charge is 0.376 e. The second-order valence-corrected chi connectivity index (χ2v) is 6.44. The highest BCUT2D eigenvalue weighted by Crippen LogP contribution is 2.30. The summed E-state index contributed by atoms with van der Waals surface area (Å²) in [7, 11) is 0. The van der Waals surface area contributed by atoms with Crippen LogP contribution in [0.3, 0.4) is 0 Å². The molecule has 0 saturated heterocycles. The molecule has 0 saturated carbocycles. The van der Waals surface area contributed by atoms with Gasteiger partial charge in [-0.25, -0.2) is 4.98 Å². The maximum absolute atomic E-state index is 4.33. The predicted molar refractivity (Wildman–Crippen MR) is 82.2 cm³/mol. The van der Waals surface area contributed by atoms with Crippen molar-refractivity contribution in [1.29, 1.82) is 0 Å². The van der Waals surface area contributed by atoms with Crippen molar-refractivity contribution < 1.29 is 0 Å². The van der Waals surface area contributed by atoms with Gasteiger partial charge in [0.05, 0.1) is 17.9 Å². The molecule has 0 spiro atoms. The van der Waals surface area contributed by atoms with E-state index in [2.05, 4.69) is 70.6 Å². The van der Waals surface area contributed by atoms with Crippen molar-refractivity contribution in [2.45, 2.75) is 26.8 Å². The number of hydrogen-bond acceptors (Lipinski definition) is 3. The molecule has 0 aromatic carbocycles. The molecule has 0 aliphatic heterocycles. The number of nitrogens with one attached hydrogen (secondary N) is 1. The van der Waals surface area contributed by atoms with E-state index in [0.717, 1.165) is 15.9 Å². The zero-order valence-electron chi connectivity index (χ0n) is 10.8. The molecule has 0 radical (unpaired) electrons. The first kappa shape index (κ1) is 13.6. The van der Waals surface area contributed by atoms with Crippen LogP contribution in [0.5, 0.6) is 0 Å². The summed E-state index contributed by atoms with van der Waals surface area (Å²) in [5, 5.41) is 5.70. The van der Waals surface area contributed by atoms with Crippen molar-refractivity contribution in [2.24, 2.45) is 5.92 Å². The molecular formula is C14H17BrN2S. The van der Waals surface area contributed by atoms with E-state index in [1.807, 2.05) is 6.20 Å². The van der Waals surface area contributed by atoms with Crippen molar-refractivity contribution in [3.63, 3.8) is 0 Å². The molecule has 96 valence electrons. The standard InChI is InChI=1S/C14H17BrN2S/c1-9(2)13(12-5-4-6-18-12)17-11-7-10(3)14(15)16-8-11/h4-9,13,17H,1-3H3. The molecule has 0 amide bonds. The lowest BCUT2D eigenvalue weighted by atomic mass is 10.0. The van der Waals surface area contributed by atoms with E-state index >= 15 is 0 Å². The Hall–Kier alpha value is -0.870. The number of aromatic nitrogens is 1. The van der Waals surface area contributed by atoms with Gasteiger partial charge in [0.15, 0.2) is 0 Å². The van der Waals surface area contributed by atoms with Crippen molar-refractivity contribution in [2.75, 3.05) is 5.32 Å². The quantitative estimate of drug-likeness (QED) is 0.798. The topological polar surface area (TPSA) is 24.9 Å². The molecule has 2 aromatic rings. The molecule has 1 N–H and O–H groups in total. The number of thiophene rings is 1. The van der Waals surface area contributed by atoms with Gasteiger partial charge in [0, 0.05) is 4.88 Å². The first-order chi connectivity index (χ1) is 8.58. The van der Waals surface area contributed by atoms with Gasteiger partial charge in [0.25, 0.3) is 0 Å². The summed E-state index contributed by atoms with van der Waals surface area (Å²) in [5.74, 6) is 0.535. The minimum Gasteiger partial charge on any atom is -0.376 e. The zero-order valence-corrected chi connectivity index (χ0v) is 13.2. The Bertz CT molecular complexity index is 509. The molecule has 4 heteroatoms. The molecule has 2 heterocycles. The number of anilines is 1. The summed E-state index contributed by atoms with van der Waals surface area (Å²) in [6.45, 7) is 6.52. The van der Waals surface area contributed by atoms with Crippen molar-refractivity contribution in [1.82, 2.24) is 4.98 Å². The van der Waals surface area contributed by atoms with Crippen LogP contribution in [0, 0.1) is 12.8 Å². The maximum Gasteiger partial charge on any atom is 0.109 e. The molecule has 0 aliphatic rings. The Balaban J connectivity index is 2.21. The SMILES string of the molecule is Cc1cc(NC(c2cccs2)C(C)C)cnc1Br. The van der Waals surface area contributed by atoms with E-state index < -0.39 is 0 Å². The van der Waals surface area contributed by atoms with Gasteiger partial charge in [0.2, 0.25) is 0 Å². The molecular weight excluding hydrogens is 308 g/mol. The van der Waals surface area contributed by atoms with Gasteiger partial charge in [-0.05, 0) is 51.8 Å². The molecule has 1 unspecified atom stereocenters. The van der Waals surface area contributed by atoms with Crippen LogP contribution in [0.25, 0.3) is 0 Å². The lowest BCUT2D eigenvalue weighted by Gasteiger charge is -2.22.